The van der Waals surface area contributed by atoms with Crippen LogP contribution < -0.4 is 4.90 Å². The highest BCUT2D eigenvalue weighted by atomic mass is 35.5. The highest BCUT2D eigenvalue weighted by Crippen LogP contribution is 2.48. The number of nitrogens with zero attached hydrogens (tertiary/aromatic N) is 3. The van der Waals surface area contributed by atoms with Crippen molar-refractivity contribution in [2.75, 3.05) is 51.1 Å². The van der Waals surface area contributed by atoms with E-state index in [4.69, 9.17) is 15.7 Å². The number of fused-ring (bicyclic) bond motifs is 2. The van der Waals surface area contributed by atoms with E-state index in [1.165, 1.54) is 21.2 Å². The predicted molar refractivity (Wildman–Crippen MR) is 108 cm³/mol. The lowest BCUT2D eigenvalue weighted by Gasteiger charge is -2.35. The van der Waals surface area contributed by atoms with E-state index in [9.17, 15) is 0 Å². The van der Waals surface area contributed by atoms with Crippen LogP contribution in [0.15, 0.2) is 52.3 Å². The molecule has 0 amide bonds. The number of piperazine rings is 1. The Morgan fingerprint density at radius 1 is 1.00 bits per heavy atom. The lowest BCUT2D eigenvalue weighted by Crippen LogP contribution is -2.45. The van der Waals surface area contributed by atoms with Gasteiger partial charge in [0.1, 0.15) is 0 Å². The Morgan fingerprint density at radius 3 is 2.64 bits per heavy atom. The molecule has 0 N–H and O–H groups in total. The molecule has 0 aromatic heterocycles. The summed E-state index contributed by atoms with van der Waals surface area (Å²) in [6.07, 6.45) is 1.01. The van der Waals surface area contributed by atoms with Crippen molar-refractivity contribution in [3.63, 3.8) is 0 Å². The van der Waals surface area contributed by atoms with Crippen LogP contribution in [0.5, 0.6) is 0 Å². The number of para-hydroxylation sites is 1. The third-order valence-electron chi connectivity index (χ3n) is 4.82. The third kappa shape index (κ3) is 3.82. The lowest BCUT2D eigenvalue weighted by atomic mass is 10.2. The summed E-state index contributed by atoms with van der Waals surface area (Å²) in [6, 6.07) is 14.6. The molecule has 0 spiro atoms. The summed E-state index contributed by atoms with van der Waals surface area (Å²) >= 11 is 8.07. The normalized spacial score (nSPS) is 20.4. The molecular formula is C20H24ClN3S. The molecule has 3 nitrogen and oxygen atoms in total. The number of hydrogen-bond donors (Lipinski definition) is 0. The summed E-state index contributed by atoms with van der Waals surface area (Å²) < 4.78 is 22.6. The molecule has 2 heterocycles. The van der Waals surface area contributed by atoms with Crippen LogP contribution >= 0.6 is 23.4 Å². The van der Waals surface area contributed by atoms with Gasteiger partial charge in [0, 0.05) is 51.6 Å². The van der Waals surface area contributed by atoms with Crippen molar-refractivity contribution in [3.05, 3.63) is 47.5 Å². The fourth-order valence-corrected chi connectivity index (χ4v) is 4.71. The van der Waals surface area contributed by atoms with Crippen LogP contribution in [0.4, 0.5) is 11.4 Å². The van der Waals surface area contributed by atoms with E-state index in [0.717, 1.165) is 37.6 Å². The van der Waals surface area contributed by atoms with Gasteiger partial charge in [0.15, 0.2) is 0 Å². The first-order valence-electron chi connectivity index (χ1n) is 10.2. The topological polar surface area (TPSA) is 9.72 Å². The molecule has 1 fully saturated rings. The Hall–Kier alpha value is -1.20. The first-order valence-corrected chi connectivity index (χ1v) is 9.93. The van der Waals surface area contributed by atoms with Crippen LogP contribution in [0, 0.1) is 0 Å². The number of likely N-dealkylation sites (N-methyl/N-ethyl adjacent to an activating group) is 1. The van der Waals surface area contributed by atoms with Crippen LogP contribution in [0.3, 0.4) is 0 Å². The first kappa shape index (κ1) is 13.9. The monoisotopic (exact) mass is 376 g/mol. The molecule has 0 aliphatic carbocycles. The number of hydrogen-bond acceptors (Lipinski definition) is 4. The van der Waals surface area contributed by atoms with Crippen molar-refractivity contribution in [2.24, 2.45) is 0 Å². The molecule has 2 aromatic rings. The second-order valence-corrected chi connectivity index (χ2v) is 8.04. The Kier molecular flexibility index (Phi) is 4.23. The molecule has 0 bridgehead atoms. The van der Waals surface area contributed by atoms with Gasteiger partial charge in [0.2, 0.25) is 0 Å². The first-order chi connectivity index (χ1) is 13.4. The van der Waals surface area contributed by atoms with E-state index >= 15 is 0 Å². The molecule has 0 radical (unpaired) electrons. The van der Waals surface area contributed by atoms with E-state index in [1.54, 1.807) is 16.7 Å². The van der Waals surface area contributed by atoms with E-state index < -0.39 is 6.98 Å². The van der Waals surface area contributed by atoms with Gasteiger partial charge >= 0.3 is 0 Å². The minimum Gasteiger partial charge on any atom is -0.340 e. The summed E-state index contributed by atoms with van der Waals surface area (Å²) in [5.41, 5.74) is 2.40. The fourth-order valence-electron chi connectivity index (χ4n) is 3.47. The van der Waals surface area contributed by atoms with Crippen molar-refractivity contribution in [1.29, 1.82) is 0 Å². The van der Waals surface area contributed by atoms with Crippen LogP contribution in [0.25, 0.3) is 0 Å². The molecule has 132 valence electrons. The zero-order chi connectivity index (χ0) is 19.7. The minimum atomic E-state index is -1.97. The van der Waals surface area contributed by atoms with Gasteiger partial charge in [-0.15, -0.1) is 0 Å². The molecule has 5 heteroatoms. The van der Waals surface area contributed by atoms with Gasteiger partial charge in [-0.2, -0.15) is 0 Å². The van der Waals surface area contributed by atoms with Crippen molar-refractivity contribution in [2.45, 2.75) is 16.2 Å². The van der Waals surface area contributed by atoms with Crippen molar-refractivity contribution < 1.29 is 4.11 Å². The predicted octanol–water partition coefficient (Wildman–Crippen LogP) is 4.58. The van der Waals surface area contributed by atoms with Crippen LogP contribution in [0.2, 0.25) is 5.02 Å². The van der Waals surface area contributed by atoms with Gasteiger partial charge in [0.25, 0.3) is 0 Å². The maximum atomic E-state index is 7.54. The van der Waals surface area contributed by atoms with E-state index in [0.29, 0.717) is 13.1 Å². The van der Waals surface area contributed by atoms with E-state index in [-0.39, 0.29) is 0 Å². The average molecular weight is 377 g/mol. The van der Waals surface area contributed by atoms with Crippen molar-refractivity contribution >= 4 is 34.7 Å². The third-order valence-corrected chi connectivity index (χ3v) is 6.18. The molecule has 25 heavy (non-hydrogen) atoms. The van der Waals surface area contributed by atoms with Crippen molar-refractivity contribution in [3.8, 4) is 0 Å². The highest BCUT2D eigenvalue weighted by Gasteiger charge is 2.23. The summed E-state index contributed by atoms with van der Waals surface area (Å²) in [5.74, 6) is 0. The Labute approximate surface area is 163 Å². The molecule has 0 saturated carbocycles. The molecule has 0 atom stereocenters. The number of halogens is 1. The van der Waals surface area contributed by atoms with Gasteiger partial charge in [-0.1, -0.05) is 35.5 Å². The largest absolute Gasteiger partial charge is 0.340 e. The molecule has 2 aliphatic heterocycles. The van der Waals surface area contributed by atoms with Gasteiger partial charge in [0.05, 0.1) is 11.4 Å². The number of benzene rings is 2. The van der Waals surface area contributed by atoms with Gasteiger partial charge < -0.3 is 14.7 Å². The fraction of sp³-hybridized carbons (Fsp3) is 0.400. The summed E-state index contributed by atoms with van der Waals surface area (Å²) in [5, 5.41) is 0.754. The Balaban J connectivity index is 1.41. The Bertz CT molecular complexity index is 838. The molecule has 2 aromatic carbocycles. The van der Waals surface area contributed by atoms with Crippen LogP contribution in [-0.4, -0.2) is 56.0 Å². The number of anilines is 2. The molecule has 2 aliphatic rings. The quantitative estimate of drug-likeness (QED) is 0.772. The van der Waals surface area contributed by atoms with Crippen molar-refractivity contribution in [1.82, 2.24) is 9.80 Å². The SMILES string of the molecule is [2H]C([2H])([2H])N1CCN(CCCN2c3ccccc3Sc3ccc(Cl)cc32)CC1. The molecule has 0 unspecified atom stereocenters. The lowest BCUT2D eigenvalue weighted by molar-refractivity contribution is 0.153. The summed E-state index contributed by atoms with van der Waals surface area (Å²) in [4.78, 5) is 8.83. The highest BCUT2D eigenvalue weighted by molar-refractivity contribution is 7.99. The summed E-state index contributed by atoms with van der Waals surface area (Å²) in [7, 11) is 0. The maximum Gasteiger partial charge on any atom is 0.0567 e. The average Bonchev–Trinajstić information content (AvgIpc) is 2.67. The minimum absolute atomic E-state index is 0.609. The second kappa shape index (κ2) is 7.58. The van der Waals surface area contributed by atoms with Gasteiger partial charge in [-0.05, 0) is 50.3 Å². The van der Waals surface area contributed by atoms with Gasteiger partial charge in [-0.25, -0.2) is 0 Å². The van der Waals surface area contributed by atoms with Crippen LogP contribution in [-0.2, 0) is 0 Å². The van der Waals surface area contributed by atoms with E-state index in [2.05, 4.69) is 46.2 Å². The standard InChI is InChI=1S/C20H24ClN3S/c1-22-11-13-23(14-12-22)9-4-10-24-17-5-2-3-6-19(17)25-20-8-7-16(21)15-18(20)24/h2-3,5-8,15H,4,9-14H2,1H3/i1D3. The molecule has 1 saturated heterocycles. The van der Waals surface area contributed by atoms with E-state index in [1.807, 2.05) is 6.07 Å². The molecule has 4 rings (SSSR count). The zero-order valence-corrected chi connectivity index (χ0v) is 15.7. The second-order valence-electron chi connectivity index (χ2n) is 6.52. The zero-order valence-electron chi connectivity index (χ0n) is 17.1. The summed E-state index contributed by atoms with van der Waals surface area (Å²) in [6.45, 7) is 2.75. The molecular weight excluding hydrogens is 350 g/mol. The van der Waals surface area contributed by atoms with Crippen LogP contribution in [0.1, 0.15) is 10.5 Å². The van der Waals surface area contributed by atoms with Gasteiger partial charge in [-0.3, -0.25) is 0 Å². The Morgan fingerprint density at radius 2 is 1.80 bits per heavy atom. The maximum absolute atomic E-state index is 7.54. The smallest absolute Gasteiger partial charge is 0.0567 e. The number of rotatable bonds is 4.